The molecule has 2 aliphatic rings. The van der Waals surface area contributed by atoms with Crippen molar-refractivity contribution >= 4 is 24.9 Å². The number of rotatable bonds is 8. The smallest absolute Gasteiger partial charge is 0.457 e. The lowest BCUT2D eigenvalue weighted by Crippen LogP contribution is -2.68. The first-order valence-electron chi connectivity index (χ1n) is 12.2. The molecule has 0 aromatic rings. The van der Waals surface area contributed by atoms with Crippen molar-refractivity contribution in [3.63, 3.8) is 0 Å². The molecule has 34 heavy (non-hydrogen) atoms. The van der Waals surface area contributed by atoms with E-state index in [1.807, 2.05) is 48.5 Å². The van der Waals surface area contributed by atoms with Crippen molar-refractivity contribution in [1.82, 2.24) is 10.6 Å². The molecule has 2 rings (SSSR count). The molecule has 1 heterocycles. The molecular weight excluding hydrogens is 437 g/mol. The first-order chi connectivity index (χ1) is 15.3. The van der Waals surface area contributed by atoms with Gasteiger partial charge in [-0.3, -0.25) is 14.4 Å². The van der Waals surface area contributed by atoms with Gasteiger partial charge < -0.3 is 30.8 Å². The average molecular weight is 483 g/mol. The lowest BCUT2D eigenvalue weighted by Gasteiger charge is -2.48. The van der Waals surface area contributed by atoms with Crippen molar-refractivity contribution < 1.29 is 28.8 Å². The second-order valence-corrected chi connectivity index (χ2v) is 11.7. The summed E-state index contributed by atoms with van der Waals surface area (Å²) in [6.07, 6.45) is 4.46. The molecular formula is C24H46BN3O6. The van der Waals surface area contributed by atoms with Crippen LogP contribution in [0.3, 0.4) is 0 Å². The summed E-state index contributed by atoms with van der Waals surface area (Å²) in [5.41, 5.74) is 4.05. The fourth-order valence-electron chi connectivity index (χ4n) is 4.35. The summed E-state index contributed by atoms with van der Waals surface area (Å²) in [6.45, 7) is 16.6. The quantitative estimate of drug-likeness (QED) is 0.307. The topological polar surface area (TPSA) is 140 Å². The maximum Gasteiger partial charge on any atom is 0.457 e. The van der Waals surface area contributed by atoms with E-state index in [9.17, 15) is 9.59 Å². The third-order valence-electron chi connectivity index (χ3n) is 6.73. The molecule has 196 valence electrons. The van der Waals surface area contributed by atoms with Crippen molar-refractivity contribution in [1.29, 1.82) is 0 Å². The van der Waals surface area contributed by atoms with Gasteiger partial charge in [0, 0.05) is 25.4 Å². The fourth-order valence-corrected chi connectivity index (χ4v) is 4.35. The number of hydrogen-bond acceptors (Lipinski definition) is 6. The van der Waals surface area contributed by atoms with Gasteiger partial charge in [0.2, 0.25) is 11.8 Å². The number of carbonyl (C=O) groups excluding carboxylic acids is 2. The van der Waals surface area contributed by atoms with Gasteiger partial charge in [-0.1, -0.05) is 12.8 Å². The number of carbonyl (C=O) groups is 3. The molecule has 1 aliphatic carbocycles. The Morgan fingerprint density at radius 3 is 1.85 bits per heavy atom. The monoisotopic (exact) mass is 483 g/mol. The number of carboxylic acids is 1. The van der Waals surface area contributed by atoms with E-state index in [-0.39, 0.29) is 47.6 Å². The molecule has 0 aromatic heterocycles. The molecule has 1 aliphatic heterocycles. The maximum absolute atomic E-state index is 13.4. The molecule has 2 fully saturated rings. The Morgan fingerprint density at radius 2 is 1.47 bits per heavy atom. The normalized spacial score (nSPS) is 24.7. The zero-order valence-electron chi connectivity index (χ0n) is 22.5. The number of nitrogens with one attached hydrogen (secondary N) is 2. The third-order valence-corrected chi connectivity index (χ3v) is 6.73. The molecule has 0 aromatic carbocycles. The summed E-state index contributed by atoms with van der Waals surface area (Å²) in [5.74, 6) is -1.08. The standard InChI is InChI=1S/C22H42BN3O4.C2H4O2/c1-15(27)25-22(16-13-17(24)14-16,18(28)26-19(2,3)4)11-9-10-12-23-29-20(5,6)21(7,8)30-23;1-2(3)4/h16-17H,9-14,24H2,1-8H3,(H,25,27)(H,26,28);1H3,(H,3,4). The number of carboxylic acid groups (broad SMARTS) is 1. The van der Waals surface area contributed by atoms with Gasteiger partial charge >= 0.3 is 7.12 Å². The van der Waals surface area contributed by atoms with E-state index in [0.717, 1.165) is 38.9 Å². The van der Waals surface area contributed by atoms with Crippen LogP contribution in [0.5, 0.6) is 0 Å². The number of nitrogens with two attached hydrogens (primary N) is 1. The van der Waals surface area contributed by atoms with Crippen LogP contribution in [0.15, 0.2) is 0 Å². The molecule has 0 spiro atoms. The van der Waals surface area contributed by atoms with Crippen molar-refractivity contribution in [3.8, 4) is 0 Å². The van der Waals surface area contributed by atoms with Crippen molar-refractivity contribution in [3.05, 3.63) is 0 Å². The van der Waals surface area contributed by atoms with E-state index in [1.165, 1.54) is 6.92 Å². The first-order valence-corrected chi connectivity index (χ1v) is 12.2. The van der Waals surface area contributed by atoms with Crippen LogP contribution in [0.2, 0.25) is 6.32 Å². The number of amides is 2. The Balaban J connectivity index is 0.00000133. The Hall–Kier alpha value is -1.65. The zero-order valence-corrected chi connectivity index (χ0v) is 22.5. The van der Waals surface area contributed by atoms with E-state index >= 15 is 0 Å². The van der Waals surface area contributed by atoms with E-state index in [2.05, 4.69) is 10.6 Å². The van der Waals surface area contributed by atoms with E-state index < -0.39 is 11.5 Å². The van der Waals surface area contributed by atoms with Crippen LogP contribution in [0.25, 0.3) is 0 Å². The van der Waals surface area contributed by atoms with Gasteiger partial charge in [0.05, 0.1) is 11.2 Å². The second kappa shape index (κ2) is 11.4. The summed E-state index contributed by atoms with van der Waals surface area (Å²) in [7, 11) is -0.245. The highest BCUT2D eigenvalue weighted by molar-refractivity contribution is 6.45. The van der Waals surface area contributed by atoms with Crippen LogP contribution in [0.1, 0.15) is 94.4 Å². The van der Waals surface area contributed by atoms with E-state index in [4.69, 9.17) is 24.9 Å². The molecule has 1 atom stereocenters. The Labute approximate surface area is 205 Å². The van der Waals surface area contributed by atoms with Crippen LogP contribution in [-0.4, -0.2) is 58.3 Å². The average Bonchev–Trinajstić information content (AvgIpc) is 2.79. The predicted octanol–water partition coefficient (Wildman–Crippen LogP) is 2.87. The minimum Gasteiger partial charge on any atom is -0.481 e. The maximum atomic E-state index is 13.4. The van der Waals surface area contributed by atoms with Crippen molar-refractivity contribution in [2.45, 2.75) is 129 Å². The summed E-state index contributed by atoms with van der Waals surface area (Å²) in [5, 5.41) is 13.5. The minimum absolute atomic E-state index is 0.0515. The fraction of sp³-hybridized carbons (Fsp3) is 0.875. The minimum atomic E-state index is -0.926. The molecule has 5 N–H and O–H groups in total. The Kier molecular flexibility index (Phi) is 10.2. The number of aliphatic carboxylic acids is 1. The molecule has 0 bridgehead atoms. The first kappa shape index (κ1) is 30.4. The summed E-state index contributed by atoms with van der Waals surface area (Å²) in [6, 6.07) is 0.0929. The van der Waals surface area contributed by atoms with Crippen LogP contribution in [0, 0.1) is 5.92 Å². The van der Waals surface area contributed by atoms with E-state index in [1.54, 1.807) is 0 Å². The van der Waals surface area contributed by atoms with Gasteiger partial charge in [0.15, 0.2) is 0 Å². The Bertz CT molecular complexity index is 711. The van der Waals surface area contributed by atoms with Crippen LogP contribution in [0.4, 0.5) is 0 Å². The number of hydrogen-bond donors (Lipinski definition) is 4. The van der Waals surface area contributed by atoms with Crippen LogP contribution < -0.4 is 16.4 Å². The van der Waals surface area contributed by atoms with Crippen molar-refractivity contribution in [2.75, 3.05) is 0 Å². The summed E-state index contributed by atoms with van der Waals surface area (Å²) in [4.78, 5) is 34.4. The highest BCUT2D eigenvalue weighted by Gasteiger charge is 2.52. The Morgan fingerprint density at radius 1 is 1.00 bits per heavy atom. The summed E-state index contributed by atoms with van der Waals surface area (Å²) >= 11 is 0. The van der Waals surface area contributed by atoms with Gasteiger partial charge in [-0.15, -0.1) is 0 Å². The van der Waals surface area contributed by atoms with Crippen molar-refractivity contribution in [2.24, 2.45) is 11.7 Å². The molecule has 2 amide bonds. The SMILES string of the molecule is CC(=O)NC(CCCCB1OC(C)(C)C(C)(C)O1)(C(=O)NC(C)(C)C)C1CC(N)C1.CC(=O)O. The molecule has 1 saturated heterocycles. The summed E-state index contributed by atoms with van der Waals surface area (Å²) < 4.78 is 12.2. The molecule has 0 radical (unpaired) electrons. The number of unbranched alkanes of at least 4 members (excludes halogenated alkanes) is 1. The van der Waals surface area contributed by atoms with E-state index in [0.29, 0.717) is 6.42 Å². The third kappa shape index (κ3) is 8.54. The van der Waals surface area contributed by atoms with Crippen LogP contribution >= 0.6 is 0 Å². The van der Waals surface area contributed by atoms with Gasteiger partial charge in [0.25, 0.3) is 5.97 Å². The molecule has 1 saturated carbocycles. The molecule has 1 unspecified atom stereocenters. The highest BCUT2D eigenvalue weighted by atomic mass is 16.7. The lowest BCUT2D eigenvalue weighted by atomic mass is 9.65. The van der Waals surface area contributed by atoms with Gasteiger partial charge in [-0.25, -0.2) is 0 Å². The second-order valence-electron chi connectivity index (χ2n) is 11.7. The van der Waals surface area contributed by atoms with Gasteiger partial charge in [0.1, 0.15) is 5.54 Å². The highest BCUT2D eigenvalue weighted by Crippen LogP contribution is 2.41. The van der Waals surface area contributed by atoms with Gasteiger partial charge in [-0.05, 0) is 80.0 Å². The zero-order chi connectivity index (χ0) is 26.5. The largest absolute Gasteiger partial charge is 0.481 e. The lowest BCUT2D eigenvalue weighted by molar-refractivity contribution is -0.139. The molecule has 10 heteroatoms. The predicted molar refractivity (Wildman–Crippen MR) is 133 cm³/mol. The van der Waals surface area contributed by atoms with Crippen LogP contribution in [-0.2, 0) is 23.7 Å². The van der Waals surface area contributed by atoms with Gasteiger partial charge in [-0.2, -0.15) is 0 Å². The molecule has 9 nitrogen and oxygen atoms in total.